The van der Waals surface area contributed by atoms with Crippen LogP contribution in [0.1, 0.15) is 0 Å². The minimum Gasteiger partial charge on any atom is -0.456 e. The molecule has 0 bridgehead atoms. The number of hydrogen-bond donors (Lipinski definition) is 1. The number of H-pyrrole nitrogens is 1. The number of nitrogens with one attached hydrogen (secondary N) is 1. The number of fused-ring (bicyclic) bond motifs is 2. The van der Waals surface area contributed by atoms with Crippen LogP contribution in [0.5, 0.6) is 6.01 Å². The van der Waals surface area contributed by atoms with Gasteiger partial charge in [-0.3, -0.25) is 0 Å². The van der Waals surface area contributed by atoms with Gasteiger partial charge < -0.3 is 23.9 Å². The first-order valence-corrected chi connectivity index (χ1v) is 11.9. The molecule has 4 atom stereocenters. The van der Waals surface area contributed by atoms with Crippen molar-refractivity contribution in [2.45, 2.75) is 24.4 Å². The van der Waals surface area contributed by atoms with Gasteiger partial charge in [0.05, 0.1) is 36.1 Å². The molecule has 2 aromatic carbocycles. The van der Waals surface area contributed by atoms with Crippen LogP contribution in [0.25, 0.3) is 33.5 Å². The Hall–Kier alpha value is -3.23. The van der Waals surface area contributed by atoms with E-state index in [1.54, 1.807) is 6.08 Å². The van der Waals surface area contributed by atoms with Crippen LogP contribution in [0.2, 0.25) is 5.02 Å². The standard InChI is InChI=1S/C27H24ClN3O4/c1-2-12-32-21-14-33-25-22(15-34-24(21)25)35-27-29-20-13-19(28)23(30-26(20)31-27)18-10-8-17(9-11-18)16-6-4-3-5-7-16/h2-11,13,21-22,24-25H,1,12,14-15H2,(H,29,30,31)/t21-,22-,24-,25-/m1/s1. The van der Waals surface area contributed by atoms with Crippen LogP contribution in [0.3, 0.4) is 0 Å². The van der Waals surface area contributed by atoms with E-state index in [-0.39, 0.29) is 24.4 Å². The van der Waals surface area contributed by atoms with Crippen LogP contribution >= 0.6 is 11.6 Å². The molecule has 0 aliphatic carbocycles. The maximum Gasteiger partial charge on any atom is 0.296 e. The smallest absolute Gasteiger partial charge is 0.296 e. The van der Waals surface area contributed by atoms with E-state index in [1.165, 1.54) is 0 Å². The fraction of sp³-hybridized carbons (Fsp3) is 0.259. The summed E-state index contributed by atoms with van der Waals surface area (Å²) in [5, 5.41) is 0.533. The molecule has 8 heteroatoms. The molecular formula is C27H24ClN3O4. The van der Waals surface area contributed by atoms with E-state index >= 15 is 0 Å². The Balaban J connectivity index is 1.20. The first-order valence-electron chi connectivity index (χ1n) is 11.5. The Morgan fingerprint density at radius 2 is 1.63 bits per heavy atom. The monoisotopic (exact) mass is 489 g/mol. The van der Waals surface area contributed by atoms with Crippen molar-refractivity contribution in [3.05, 3.63) is 78.3 Å². The minimum absolute atomic E-state index is 0.126. The van der Waals surface area contributed by atoms with E-state index in [4.69, 9.17) is 35.5 Å². The van der Waals surface area contributed by atoms with E-state index < -0.39 is 0 Å². The summed E-state index contributed by atoms with van der Waals surface area (Å²) in [7, 11) is 0. The van der Waals surface area contributed by atoms with Gasteiger partial charge in [0.1, 0.15) is 18.3 Å². The molecule has 4 aromatic rings. The summed E-state index contributed by atoms with van der Waals surface area (Å²) in [5.74, 6) is 0. The molecule has 2 aromatic heterocycles. The van der Waals surface area contributed by atoms with Crippen molar-refractivity contribution in [2.24, 2.45) is 0 Å². The highest BCUT2D eigenvalue weighted by atomic mass is 35.5. The Morgan fingerprint density at radius 3 is 2.40 bits per heavy atom. The van der Waals surface area contributed by atoms with Gasteiger partial charge in [-0.1, -0.05) is 72.3 Å². The van der Waals surface area contributed by atoms with Crippen LogP contribution in [-0.4, -0.2) is 59.2 Å². The van der Waals surface area contributed by atoms with Gasteiger partial charge in [0.2, 0.25) is 0 Å². The number of ether oxygens (including phenoxy) is 4. The molecule has 2 saturated heterocycles. The molecule has 0 radical (unpaired) electrons. The molecule has 2 aliphatic heterocycles. The lowest BCUT2D eigenvalue weighted by Gasteiger charge is -2.16. The van der Waals surface area contributed by atoms with E-state index in [1.807, 2.05) is 36.4 Å². The van der Waals surface area contributed by atoms with Gasteiger partial charge in [0, 0.05) is 5.56 Å². The molecule has 35 heavy (non-hydrogen) atoms. The van der Waals surface area contributed by atoms with Crippen LogP contribution in [0.15, 0.2) is 73.3 Å². The van der Waals surface area contributed by atoms with Crippen molar-refractivity contribution in [3.8, 4) is 28.4 Å². The predicted octanol–water partition coefficient (Wildman–Crippen LogP) is 5.06. The Labute approximate surface area is 207 Å². The van der Waals surface area contributed by atoms with Crippen molar-refractivity contribution in [3.63, 3.8) is 0 Å². The lowest BCUT2D eigenvalue weighted by Crippen LogP contribution is -2.35. The summed E-state index contributed by atoms with van der Waals surface area (Å²) < 4.78 is 23.6. The summed E-state index contributed by atoms with van der Waals surface area (Å²) in [6.45, 7) is 5.01. The maximum atomic E-state index is 6.59. The minimum atomic E-state index is -0.293. The predicted molar refractivity (Wildman–Crippen MR) is 134 cm³/mol. The number of hydrogen-bond acceptors (Lipinski definition) is 6. The fourth-order valence-corrected chi connectivity index (χ4v) is 4.87. The van der Waals surface area contributed by atoms with Crippen LogP contribution in [0.4, 0.5) is 0 Å². The second-order valence-corrected chi connectivity index (χ2v) is 9.00. The van der Waals surface area contributed by atoms with Crippen molar-refractivity contribution < 1.29 is 18.9 Å². The Bertz CT molecular complexity index is 1340. The second-order valence-electron chi connectivity index (χ2n) is 8.59. The quantitative estimate of drug-likeness (QED) is 0.365. The largest absolute Gasteiger partial charge is 0.456 e. The van der Waals surface area contributed by atoms with Crippen LogP contribution < -0.4 is 4.74 Å². The highest BCUT2D eigenvalue weighted by molar-refractivity contribution is 6.33. The molecule has 0 amide bonds. The summed E-state index contributed by atoms with van der Waals surface area (Å²) >= 11 is 6.59. The molecular weight excluding hydrogens is 466 g/mol. The molecule has 0 unspecified atom stereocenters. The van der Waals surface area contributed by atoms with E-state index in [0.717, 1.165) is 16.7 Å². The second kappa shape index (κ2) is 9.43. The number of imidazole rings is 1. The molecule has 7 nitrogen and oxygen atoms in total. The number of halogens is 1. The van der Waals surface area contributed by atoms with Crippen molar-refractivity contribution in [1.29, 1.82) is 0 Å². The molecule has 1 N–H and O–H groups in total. The molecule has 4 heterocycles. The normalized spacial score (nSPS) is 23.5. The Kier molecular flexibility index (Phi) is 6.00. The summed E-state index contributed by atoms with van der Waals surface area (Å²) in [5.41, 5.74) is 5.10. The van der Waals surface area contributed by atoms with Crippen molar-refractivity contribution >= 4 is 22.8 Å². The zero-order valence-electron chi connectivity index (χ0n) is 18.9. The van der Waals surface area contributed by atoms with Crippen molar-refractivity contribution in [2.75, 3.05) is 19.8 Å². The van der Waals surface area contributed by atoms with E-state index in [0.29, 0.717) is 47.7 Å². The Morgan fingerprint density at radius 1 is 0.943 bits per heavy atom. The third kappa shape index (κ3) is 4.32. The summed E-state index contributed by atoms with van der Waals surface area (Å²) in [4.78, 5) is 12.4. The van der Waals surface area contributed by atoms with Crippen LogP contribution in [0, 0.1) is 0 Å². The topological polar surface area (TPSA) is 78.5 Å². The average Bonchev–Trinajstić information content (AvgIpc) is 3.59. The SMILES string of the molecule is C=CCO[C@@H]1CO[C@H]2[C@@H]1OC[C@H]2Oc1nc2nc(-c3ccc(-c4ccccc4)cc3)c(Cl)cc2[nH]1. The van der Waals surface area contributed by atoms with Crippen molar-refractivity contribution in [1.82, 2.24) is 15.0 Å². The fourth-order valence-electron chi connectivity index (χ4n) is 4.61. The number of pyridine rings is 1. The average molecular weight is 490 g/mol. The van der Waals surface area contributed by atoms with Gasteiger partial charge in [-0.25, -0.2) is 4.98 Å². The summed E-state index contributed by atoms with van der Waals surface area (Å²) in [6.07, 6.45) is 0.918. The van der Waals surface area contributed by atoms with Crippen LogP contribution in [-0.2, 0) is 14.2 Å². The van der Waals surface area contributed by atoms with Gasteiger partial charge >= 0.3 is 0 Å². The molecule has 0 spiro atoms. The van der Waals surface area contributed by atoms with Gasteiger partial charge in [-0.15, -0.1) is 6.58 Å². The zero-order valence-corrected chi connectivity index (χ0v) is 19.6. The number of benzene rings is 2. The lowest BCUT2D eigenvalue weighted by atomic mass is 10.0. The number of aromatic nitrogens is 3. The first-order chi connectivity index (χ1) is 17.2. The van der Waals surface area contributed by atoms with Gasteiger partial charge in [0.15, 0.2) is 11.8 Å². The molecule has 6 rings (SSSR count). The first kappa shape index (κ1) is 22.2. The maximum absolute atomic E-state index is 6.59. The third-order valence-electron chi connectivity index (χ3n) is 6.32. The van der Waals surface area contributed by atoms with Gasteiger partial charge in [-0.05, 0) is 17.2 Å². The van der Waals surface area contributed by atoms with Gasteiger partial charge in [-0.2, -0.15) is 4.98 Å². The highest BCUT2D eigenvalue weighted by Gasteiger charge is 2.49. The number of aromatic amines is 1. The number of nitrogens with zero attached hydrogens (tertiary/aromatic N) is 2. The molecule has 178 valence electrons. The number of rotatable bonds is 7. The van der Waals surface area contributed by atoms with Gasteiger partial charge in [0.25, 0.3) is 6.01 Å². The molecule has 2 fully saturated rings. The zero-order chi connectivity index (χ0) is 23.8. The summed E-state index contributed by atoms with van der Waals surface area (Å²) in [6, 6.07) is 20.6. The third-order valence-corrected chi connectivity index (χ3v) is 6.61. The van der Waals surface area contributed by atoms with E-state index in [2.05, 4.69) is 40.8 Å². The molecule has 2 aliphatic rings. The lowest BCUT2D eigenvalue weighted by molar-refractivity contribution is -0.0262. The molecule has 0 saturated carbocycles. The highest BCUT2D eigenvalue weighted by Crippen LogP contribution is 2.33. The van der Waals surface area contributed by atoms with E-state index in [9.17, 15) is 0 Å².